The second kappa shape index (κ2) is 6.96. The zero-order chi connectivity index (χ0) is 19.0. The largest absolute Gasteiger partial charge is 0.496 e. The minimum absolute atomic E-state index is 0.0708. The van der Waals surface area contributed by atoms with Crippen LogP contribution in [0.2, 0.25) is 0 Å². The molecule has 6 nitrogen and oxygen atoms in total. The number of anilines is 1. The summed E-state index contributed by atoms with van der Waals surface area (Å²) in [5.74, 6) is 1.84. The first-order valence-electron chi connectivity index (χ1n) is 9.22. The fraction of sp³-hybridized carbons (Fsp3) is 0.450. The Morgan fingerprint density at radius 3 is 2.81 bits per heavy atom. The van der Waals surface area contributed by atoms with Gasteiger partial charge in [-0.15, -0.1) is 11.3 Å². The molecule has 0 bridgehead atoms. The standard InChI is InChI=1S/C20H24N4O2S/c1-4-5-16-14(2)21-13-22-18(16)23-8-9-24(20(12-23)6-7-20)19(25)17-10-15(26-3)11-27-17/h4-5,10-11,13H,6-9,12H2,1-3H3/b5-4-. The summed E-state index contributed by atoms with van der Waals surface area (Å²) in [5.41, 5.74) is 1.98. The Morgan fingerprint density at radius 2 is 2.15 bits per heavy atom. The van der Waals surface area contributed by atoms with Gasteiger partial charge in [0.1, 0.15) is 17.9 Å². The van der Waals surface area contributed by atoms with Gasteiger partial charge in [-0.05, 0) is 26.7 Å². The smallest absolute Gasteiger partial charge is 0.264 e. The molecule has 1 aliphatic carbocycles. The Balaban J connectivity index is 1.57. The van der Waals surface area contributed by atoms with E-state index in [1.807, 2.05) is 31.4 Å². The van der Waals surface area contributed by atoms with Crippen LogP contribution in [0.3, 0.4) is 0 Å². The maximum absolute atomic E-state index is 13.1. The summed E-state index contributed by atoms with van der Waals surface area (Å²) < 4.78 is 5.23. The summed E-state index contributed by atoms with van der Waals surface area (Å²) >= 11 is 1.45. The number of nitrogens with zero attached hydrogens (tertiary/aromatic N) is 4. The SMILES string of the molecule is C/C=C\c1c(C)ncnc1N1CCN(C(=O)c2cc(OC)cs2)C2(CC2)C1. The van der Waals surface area contributed by atoms with E-state index in [2.05, 4.69) is 25.8 Å². The predicted octanol–water partition coefficient (Wildman–Crippen LogP) is 3.38. The molecule has 0 N–H and O–H groups in total. The van der Waals surface area contributed by atoms with Crippen LogP contribution in [0, 0.1) is 6.92 Å². The lowest BCUT2D eigenvalue weighted by molar-refractivity contribution is 0.0629. The maximum Gasteiger partial charge on any atom is 0.264 e. The number of thiophene rings is 1. The van der Waals surface area contributed by atoms with Gasteiger partial charge in [0.05, 0.1) is 23.2 Å². The normalized spacial score (nSPS) is 18.3. The number of ether oxygens (including phenoxy) is 1. The van der Waals surface area contributed by atoms with Gasteiger partial charge < -0.3 is 14.5 Å². The topological polar surface area (TPSA) is 58.6 Å². The van der Waals surface area contributed by atoms with Gasteiger partial charge in [0.2, 0.25) is 0 Å². The number of allylic oxidation sites excluding steroid dienone is 1. The van der Waals surface area contributed by atoms with Crippen molar-refractivity contribution in [2.24, 2.45) is 0 Å². The molecule has 2 fully saturated rings. The molecule has 1 amide bonds. The fourth-order valence-corrected chi connectivity index (χ4v) is 4.61. The summed E-state index contributed by atoms with van der Waals surface area (Å²) in [7, 11) is 1.63. The highest BCUT2D eigenvalue weighted by molar-refractivity contribution is 7.12. The van der Waals surface area contributed by atoms with E-state index in [4.69, 9.17) is 4.74 Å². The van der Waals surface area contributed by atoms with Crippen LogP contribution in [0.1, 0.15) is 40.7 Å². The van der Waals surface area contributed by atoms with Crippen LogP contribution in [0.5, 0.6) is 5.75 Å². The van der Waals surface area contributed by atoms with Crippen LogP contribution < -0.4 is 9.64 Å². The number of rotatable bonds is 4. The van der Waals surface area contributed by atoms with E-state index in [9.17, 15) is 4.79 Å². The van der Waals surface area contributed by atoms with Crippen LogP contribution >= 0.6 is 11.3 Å². The molecule has 2 aromatic heterocycles. The number of hydrogen-bond acceptors (Lipinski definition) is 6. The number of piperazine rings is 1. The van der Waals surface area contributed by atoms with Crippen LogP contribution in [0.25, 0.3) is 6.08 Å². The van der Waals surface area contributed by atoms with Gasteiger partial charge in [-0.1, -0.05) is 12.2 Å². The molecule has 7 heteroatoms. The first-order chi connectivity index (χ1) is 13.1. The molecule has 2 aliphatic rings. The van der Waals surface area contributed by atoms with Crippen LogP contribution in [0.15, 0.2) is 23.8 Å². The number of aryl methyl sites for hydroxylation is 1. The summed E-state index contributed by atoms with van der Waals surface area (Å²) in [6, 6.07) is 1.84. The van der Waals surface area contributed by atoms with E-state index in [1.54, 1.807) is 13.4 Å². The highest BCUT2D eigenvalue weighted by Crippen LogP contribution is 2.46. The number of hydrogen-bond donors (Lipinski definition) is 0. The lowest BCUT2D eigenvalue weighted by atomic mass is 10.1. The fourth-order valence-electron chi connectivity index (χ4n) is 3.80. The number of amides is 1. The summed E-state index contributed by atoms with van der Waals surface area (Å²) in [6.45, 7) is 6.32. The number of carbonyl (C=O) groups excluding carboxylic acids is 1. The summed E-state index contributed by atoms with van der Waals surface area (Å²) in [5, 5.41) is 1.89. The highest BCUT2D eigenvalue weighted by atomic mass is 32.1. The van der Waals surface area contributed by atoms with Crippen molar-refractivity contribution in [1.82, 2.24) is 14.9 Å². The van der Waals surface area contributed by atoms with Crippen molar-refractivity contribution in [1.29, 1.82) is 0 Å². The lowest BCUT2D eigenvalue weighted by Crippen LogP contribution is -2.57. The molecule has 1 saturated carbocycles. The minimum Gasteiger partial charge on any atom is -0.496 e. The van der Waals surface area contributed by atoms with E-state index in [1.165, 1.54) is 11.3 Å². The van der Waals surface area contributed by atoms with Gasteiger partial charge in [0.25, 0.3) is 5.91 Å². The van der Waals surface area contributed by atoms with E-state index < -0.39 is 0 Å². The van der Waals surface area contributed by atoms with Gasteiger partial charge in [0.15, 0.2) is 0 Å². The van der Waals surface area contributed by atoms with E-state index in [-0.39, 0.29) is 11.4 Å². The second-order valence-electron chi connectivity index (χ2n) is 7.15. The number of methoxy groups -OCH3 is 1. The molecule has 142 valence electrons. The molecule has 27 heavy (non-hydrogen) atoms. The van der Waals surface area contributed by atoms with Crippen molar-refractivity contribution in [3.05, 3.63) is 40.0 Å². The highest BCUT2D eigenvalue weighted by Gasteiger charge is 2.53. The molecule has 0 atom stereocenters. The molecule has 0 unspecified atom stereocenters. The number of aromatic nitrogens is 2. The minimum atomic E-state index is -0.0708. The van der Waals surface area contributed by atoms with Gasteiger partial charge in [-0.25, -0.2) is 9.97 Å². The van der Waals surface area contributed by atoms with Crippen molar-refractivity contribution in [2.75, 3.05) is 31.6 Å². The average Bonchev–Trinajstić information content (AvgIpc) is 3.26. The summed E-state index contributed by atoms with van der Waals surface area (Å²) in [6.07, 6.45) is 7.81. The predicted molar refractivity (Wildman–Crippen MR) is 108 cm³/mol. The van der Waals surface area contributed by atoms with Gasteiger partial charge >= 0.3 is 0 Å². The third-order valence-electron chi connectivity index (χ3n) is 5.44. The third kappa shape index (κ3) is 3.20. The second-order valence-corrected chi connectivity index (χ2v) is 8.06. The Labute approximate surface area is 163 Å². The van der Waals surface area contributed by atoms with Gasteiger partial charge in [-0.2, -0.15) is 0 Å². The molecular formula is C20H24N4O2S. The van der Waals surface area contributed by atoms with Crippen molar-refractivity contribution in [3.8, 4) is 5.75 Å². The monoisotopic (exact) mass is 384 g/mol. The van der Waals surface area contributed by atoms with Gasteiger partial charge in [-0.3, -0.25) is 4.79 Å². The Bertz CT molecular complexity index is 888. The van der Waals surface area contributed by atoms with Crippen molar-refractivity contribution in [2.45, 2.75) is 32.2 Å². The molecular weight excluding hydrogens is 360 g/mol. The lowest BCUT2D eigenvalue weighted by Gasteiger charge is -2.43. The molecule has 3 heterocycles. The van der Waals surface area contributed by atoms with E-state index in [0.717, 1.165) is 53.6 Å². The molecule has 0 radical (unpaired) electrons. The zero-order valence-corrected chi connectivity index (χ0v) is 16.8. The Hall–Kier alpha value is -2.41. The van der Waals surface area contributed by atoms with Crippen LogP contribution in [-0.4, -0.2) is 53.1 Å². The zero-order valence-electron chi connectivity index (χ0n) is 15.9. The average molecular weight is 385 g/mol. The van der Waals surface area contributed by atoms with Crippen molar-refractivity contribution >= 4 is 29.1 Å². The molecule has 4 rings (SSSR count). The Kier molecular flexibility index (Phi) is 4.63. The quantitative estimate of drug-likeness (QED) is 0.809. The van der Waals surface area contributed by atoms with Crippen LogP contribution in [-0.2, 0) is 0 Å². The van der Waals surface area contributed by atoms with Crippen LogP contribution in [0.4, 0.5) is 5.82 Å². The van der Waals surface area contributed by atoms with Crippen molar-refractivity contribution < 1.29 is 9.53 Å². The van der Waals surface area contributed by atoms with E-state index >= 15 is 0 Å². The molecule has 0 aromatic carbocycles. The first kappa shape index (κ1) is 18.0. The Morgan fingerprint density at radius 1 is 1.33 bits per heavy atom. The molecule has 1 spiro atoms. The molecule has 1 saturated heterocycles. The molecule has 2 aromatic rings. The van der Waals surface area contributed by atoms with Gasteiger partial charge in [0, 0.05) is 36.6 Å². The van der Waals surface area contributed by atoms with E-state index in [0.29, 0.717) is 6.54 Å². The third-order valence-corrected chi connectivity index (χ3v) is 6.34. The summed E-state index contributed by atoms with van der Waals surface area (Å²) in [4.78, 5) is 27.1. The molecule has 1 aliphatic heterocycles. The first-order valence-corrected chi connectivity index (χ1v) is 10.1. The maximum atomic E-state index is 13.1. The van der Waals surface area contributed by atoms with Crippen molar-refractivity contribution in [3.63, 3.8) is 0 Å². The number of carbonyl (C=O) groups is 1.